The normalized spacial score (nSPS) is 30.0. The van der Waals surface area contributed by atoms with Gasteiger partial charge in [0.15, 0.2) is 5.58 Å². The molecule has 2 aromatic rings. The Morgan fingerprint density at radius 2 is 2.04 bits per heavy atom. The van der Waals surface area contributed by atoms with E-state index in [-0.39, 0.29) is 6.03 Å². The first-order valence-electron chi connectivity index (χ1n) is 10.2. The molecular weight excluding hydrogens is 380 g/mol. The van der Waals surface area contributed by atoms with Gasteiger partial charge in [0.1, 0.15) is 5.52 Å². The Morgan fingerprint density at radius 3 is 2.82 bits per heavy atom. The van der Waals surface area contributed by atoms with Crippen molar-refractivity contribution in [3.8, 4) is 0 Å². The summed E-state index contributed by atoms with van der Waals surface area (Å²) in [5, 5.41) is 10.1. The van der Waals surface area contributed by atoms with E-state index < -0.39 is 5.54 Å². The fourth-order valence-electron chi connectivity index (χ4n) is 5.44. The van der Waals surface area contributed by atoms with Crippen LogP contribution in [0.1, 0.15) is 43.6 Å². The minimum atomic E-state index is -0.422. The van der Waals surface area contributed by atoms with E-state index in [4.69, 9.17) is 20.8 Å². The third-order valence-corrected chi connectivity index (χ3v) is 7.19. The van der Waals surface area contributed by atoms with Crippen LogP contribution in [0.2, 0.25) is 5.02 Å². The van der Waals surface area contributed by atoms with Gasteiger partial charge in [0, 0.05) is 23.4 Å². The van der Waals surface area contributed by atoms with Crippen LogP contribution >= 0.6 is 11.6 Å². The van der Waals surface area contributed by atoms with Crippen LogP contribution in [0.25, 0.3) is 11.1 Å². The highest BCUT2D eigenvalue weighted by atomic mass is 35.5. The van der Waals surface area contributed by atoms with Crippen LogP contribution in [0.4, 0.5) is 10.5 Å². The van der Waals surface area contributed by atoms with E-state index in [0.29, 0.717) is 41.0 Å². The zero-order chi connectivity index (χ0) is 18.9. The maximum absolute atomic E-state index is 12.3. The Kier molecular flexibility index (Phi) is 3.71. The molecule has 0 bridgehead atoms. The standard InChI is InChI=1S/C20H23ClN4O3/c21-12-6-13-18(28-14(23-13)7-22-16-10-8-27-9-11(10)16)15-17(12)24-19(26)25-20(15)4-2-1-3-5-20/h6,10-11,16,22H,1-5,7-9H2,(H2,24,25,26). The number of nitrogens with one attached hydrogen (secondary N) is 3. The maximum Gasteiger partial charge on any atom is 0.319 e. The molecule has 2 atom stereocenters. The van der Waals surface area contributed by atoms with Gasteiger partial charge in [-0.2, -0.15) is 0 Å². The predicted octanol–water partition coefficient (Wildman–Crippen LogP) is 3.51. The number of rotatable bonds is 3. The Morgan fingerprint density at radius 1 is 1.25 bits per heavy atom. The molecule has 3 fully saturated rings. The lowest BCUT2D eigenvalue weighted by Crippen LogP contribution is -2.52. The van der Waals surface area contributed by atoms with E-state index in [0.717, 1.165) is 55.6 Å². The number of benzene rings is 1. The van der Waals surface area contributed by atoms with Crippen LogP contribution in [0.15, 0.2) is 10.5 Å². The number of oxazole rings is 1. The van der Waals surface area contributed by atoms with Gasteiger partial charge in [-0.15, -0.1) is 0 Å². The Bertz CT molecular complexity index is 958. The van der Waals surface area contributed by atoms with Gasteiger partial charge in [0.05, 0.1) is 36.0 Å². The molecule has 7 nitrogen and oxygen atoms in total. The number of hydrogen-bond acceptors (Lipinski definition) is 5. The first-order valence-corrected chi connectivity index (χ1v) is 10.6. The molecule has 6 rings (SSSR count). The fourth-order valence-corrected chi connectivity index (χ4v) is 5.68. The van der Waals surface area contributed by atoms with Gasteiger partial charge in [-0.3, -0.25) is 0 Å². The number of hydrogen-bond donors (Lipinski definition) is 3. The molecule has 1 aromatic heterocycles. The predicted molar refractivity (Wildman–Crippen MR) is 104 cm³/mol. The molecule has 3 N–H and O–H groups in total. The summed E-state index contributed by atoms with van der Waals surface area (Å²) in [7, 11) is 0. The zero-order valence-electron chi connectivity index (χ0n) is 15.5. The van der Waals surface area contributed by atoms with Crippen LogP contribution in [0.3, 0.4) is 0 Å². The molecule has 2 amide bonds. The Hall–Kier alpha value is -1.83. The molecule has 1 aromatic carbocycles. The van der Waals surface area contributed by atoms with Gasteiger partial charge in [-0.25, -0.2) is 9.78 Å². The lowest BCUT2D eigenvalue weighted by Gasteiger charge is -2.42. The van der Waals surface area contributed by atoms with Crippen molar-refractivity contribution in [3.05, 3.63) is 22.5 Å². The molecule has 148 valence electrons. The summed E-state index contributed by atoms with van der Waals surface area (Å²) in [5.41, 5.74) is 2.70. The van der Waals surface area contributed by atoms with E-state index in [1.165, 1.54) is 6.42 Å². The van der Waals surface area contributed by atoms with Crippen LogP contribution in [0.5, 0.6) is 0 Å². The van der Waals surface area contributed by atoms with Gasteiger partial charge in [-0.05, 0) is 18.9 Å². The lowest BCUT2D eigenvalue weighted by atomic mass is 9.74. The van der Waals surface area contributed by atoms with E-state index >= 15 is 0 Å². The highest BCUT2D eigenvalue weighted by molar-refractivity contribution is 6.35. The number of urea groups is 1. The molecule has 1 spiro atoms. The maximum atomic E-state index is 12.3. The number of halogens is 1. The summed E-state index contributed by atoms with van der Waals surface area (Å²) in [6.45, 7) is 2.30. The van der Waals surface area contributed by atoms with E-state index in [9.17, 15) is 4.79 Å². The van der Waals surface area contributed by atoms with Crippen molar-refractivity contribution in [2.45, 2.75) is 50.2 Å². The second kappa shape index (κ2) is 6.08. The minimum Gasteiger partial charge on any atom is -0.439 e. The van der Waals surface area contributed by atoms with E-state index in [1.807, 2.05) is 0 Å². The Balaban J connectivity index is 1.38. The van der Waals surface area contributed by atoms with E-state index in [1.54, 1.807) is 6.07 Å². The van der Waals surface area contributed by atoms with Gasteiger partial charge >= 0.3 is 6.03 Å². The number of carbonyl (C=O) groups is 1. The summed E-state index contributed by atoms with van der Waals surface area (Å²) in [6, 6.07) is 2.11. The molecule has 2 saturated carbocycles. The SMILES string of the molecule is O=C1Nc2c(Cl)cc3nc(CNC4C5COCC54)oc3c2C2(CCCCC2)N1. The van der Waals surface area contributed by atoms with Crippen molar-refractivity contribution in [2.75, 3.05) is 18.5 Å². The molecule has 2 unspecified atom stereocenters. The minimum absolute atomic E-state index is 0.195. The average Bonchev–Trinajstić information content (AvgIpc) is 3.01. The van der Waals surface area contributed by atoms with Crippen LogP contribution in [-0.2, 0) is 16.8 Å². The summed E-state index contributed by atoms with van der Waals surface area (Å²) < 4.78 is 11.7. The van der Waals surface area contributed by atoms with Gasteiger partial charge < -0.3 is 25.1 Å². The quantitative estimate of drug-likeness (QED) is 0.731. The third-order valence-electron chi connectivity index (χ3n) is 6.90. The Labute approximate surface area is 167 Å². The zero-order valence-corrected chi connectivity index (χ0v) is 16.3. The van der Waals surface area contributed by atoms with Crippen LogP contribution < -0.4 is 16.0 Å². The number of nitrogens with zero attached hydrogens (tertiary/aromatic N) is 1. The lowest BCUT2D eigenvalue weighted by molar-refractivity contribution is 0.155. The van der Waals surface area contributed by atoms with Crippen molar-refractivity contribution in [2.24, 2.45) is 11.8 Å². The van der Waals surface area contributed by atoms with Crippen molar-refractivity contribution in [3.63, 3.8) is 0 Å². The van der Waals surface area contributed by atoms with Crippen LogP contribution in [0, 0.1) is 11.8 Å². The molecule has 1 saturated heterocycles. The van der Waals surface area contributed by atoms with Crippen molar-refractivity contribution >= 4 is 34.4 Å². The topological polar surface area (TPSA) is 88.4 Å². The second-order valence-electron chi connectivity index (χ2n) is 8.56. The van der Waals surface area contributed by atoms with E-state index in [2.05, 4.69) is 20.9 Å². The third kappa shape index (κ3) is 2.49. The molecule has 8 heteroatoms. The largest absolute Gasteiger partial charge is 0.439 e. The van der Waals surface area contributed by atoms with Crippen molar-refractivity contribution in [1.29, 1.82) is 0 Å². The first-order chi connectivity index (χ1) is 13.6. The van der Waals surface area contributed by atoms with Gasteiger partial charge in [-0.1, -0.05) is 30.9 Å². The van der Waals surface area contributed by atoms with Gasteiger partial charge in [0.2, 0.25) is 5.89 Å². The van der Waals surface area contributed by atoms with Crippen molar-refractivity contribution in [1.82, 2.24) is 15.6 Å². The molecular formula is C20H23ClN4O3. The molecule has 4 aliphatic rings. The summed E-state index contributed by atoms with van der Waals surface area (Å²) >= 11 is 6.55. The molecule has 2 aliphatic heterocycles. The van der Waals surface area contributed by atoms with Crippen LogP contribution in [-0.4, -0.2) is 30.3 Å². The molecule has 0 radical (unpaired) electrons. The smallest absolute Gasteiger partial charge is 0.319 e. The number of ether oxygens (including phenoxy) is 1. The molecule has 28 heavy (non-hydrogen) atoms. The average molecular weight is 403 g/mol. The number of aromatic nitrogens is 1. The number of fused-ring (bicyclic) bond motifs is 5. The number of anilines is 1. The molecule has 3 heterocycles. The second-order valence-corrected chi connectivity index (χ2v) is 8.97. The monoisotopic (exact) mass is 402 g/mol. The highest BCUT2D eigenvalue weighted by Crippen LogP contribution is 2.48. The molecule has 2 aliphatic carbocycles. The number of amides is 2. The van der Waals surface area contributed by atoms with Crippen molar-refractivity contribution < 1.29 is 13.9 Å². The fraction of sp³-hybridized carbons (Fsp3) is 0.600. The number of carbonyl (C=O) groups excluding carboxylic acids is 1. The summed E-state index contributed by atoms with van der Waals surface area (Å²) in [6.07, 6.45) is 5.11. The summed E-state index contributed by atoms with van der Waals surface area (Å²) in [4.78, 5) is 17.0. The summed E-state index contributed by atoms with van der Waals surface area (Å²) in [5.74, 6) is 1.93. The highest BCUT2D eigenvalue weighted by Gasteiger charge is 2.53. The first kappa shape index (κ1) is 17.1. The van der Waals surface area contributed by atoms with Gasteiger partial charge in [0.25, 0.3) is 0 Å².